The predicted octanol–water partition coefficient (Wildman–Crippen LogP) is 1.17. The number of amides is 1. The highest BCUT2D eigenvalue weighted by Gasteiger charge is 2.12. The van der Waals surface area contributed by atoms with Gasteiger partial charge in [0.1, 0.15) is 5.75 Å². The van der Waals surface area contributed by atoms with Crippen molar-refractivity contribution in [3.8, 4) is 5.75 Å². The maximum absolute atomic E-state index is 11.2. The van der Waals surface area contributed by atoms with E-state index in [2.05, 4.69) is 11.4 Å². The van der Waals surface area contributed by atoms with E-state index in [1.54, 1.807) is 13.2 Å². The van der Waals surface area contributed by atoms with Crippen LogP contribution in [0.3, 0.4) is 0 Å². The SMILES string of the molecule is COc1cc(C2=CCNCC2)ccc1C(N)=O. The Labute approximate surface area is 100 Å². The summed E-state index contributed by atoms with van der Waals surface area (Å²) in [5, 5.41) is 3.26. The second kappa shape index (κ2) is 5.01. The molecule has 0 atom stereocenters. The second-order valence-corrected chi connectivity index (χ2v) is 3.96. The number of carbonyl (C=O) groups is 1. The van der Waals surface area contributed by atoms with Crippen LogP contribution in [-0.4, -0.2) is 26.1 Å². The van der Waals surface area contributed by atoms with Crippen molar-refractivity contribution in [2.75, 3.05) is 20.2 Å². The molecule has 1 aromatic rings. The number of benzene rings is 1. The van der Waals surface area contributed by atoms with Gasteiger partial charge in [-0.1, -0.05) is 12.1 Å². The zero-order valence-electron chi connectivity index (χ0n) is 9.82. The van der Waals surface area contributed by atoms with Crippen molar-refractivity contribution in [2.24, 2.45) is 5.73 Å². The molecule has 0 saturated heterocycles. The maximum atomic E-state index is 11.2. The van der Waals surface area contributed by atoms with E-state index in [9.17, 15) is 4.79 Å². The third-order valence-corrected chi connectivity index (χ3v) is 2.90. The maximum Gasteiger partial charge on any atom is 0.252 e. The van der Waals surface area contributed by atoms with Crippen molar-refractivity contribution in [3.05, 3.63) is 35.4 Å². The van der Waals surface area contributed by atoms with Crippen molar-refractivity contribution in [1.82, 2.24) is 5.32 Å². The molecule has 1 heterocycles. The molecule has 2 rings (SSSR count). The summed E-state index contributed by atoms with van der Waals surface area (Å²) in [4.78, 5) is 11.2. The molecular weight excluding hydrogens is 216 g/mol. The lowest BCUT2D eigenvalue weighted by molar-refractivity contribution is 0.0997. The molecule has 90 valence electrons. The third kappa shape index (κ3) is 2.47. The molecule has 0 aromatic heterocycles. The second-order valence-electron chi connectivity index (χ2n) is 3.96. The Kier molecular flexibility index (Phi) is 3.44. The molecular formula is C13H16N2O2. The van der Waals surface area contributed by atoms with Crippen molar-refractivity contribution in [2.45, 2.75) is 6.42 Å². The van der Waals surface area contributed by atoms with Gasteiger partial charge < -0.3 is 15.8 Å². The average molecular weight is 232 g/mol. The van der Waals surface area contributed by atoms with E-state index in [1.165, 1.54) is 5.57 Å². The van der Waals surface area contributed by atoms with E-state index in [1.807, 2.05) is 12.1 Å². The van der Waals surface area contributed by atoms with Crippen LogP contribution in [0.5, 0.6) is 5.75 Å². The fourth-order valence-corrected chi connectivity index (χ4v) is 1.98. The lowest BCUT2D eigenvalue weighted by Crippen LogP contribution is -2.20. The number of nitrogens with one attached hydrogen (secondary N) is 1. The highest BCUT2D eigenvalue weighted by atomic mass is 16.5. The van der Waals surface area contributed by atoms with Gasteiger partial charge in [-0.15, -0.1) is 0 Å². The standard InChI is InChI=1S/C13H16N2O2/c1-17-12-8-10(2-3-11(12)13(14)16)9-4-6-15-7-5-9/h2-4,8,15H,5-7H2,1H3,(H2,14,16). The van der Waals surface area contributed by atoms with Crippen LogP contribution in [0, 0.1) is 0 Å². The van der Waals surface area contributed by atoms with E-state index < -0.39 is 5.91 Å². The Morgan fingerprint density at radius 2 is 2.29 bits per heavy atom. The molecule has 3 N–H and O–H groups in total. The summed E-state index contributed by atoms with van der Waals surface area (Å²) in [6, 6.07) is 5.51. The molecule has 1 amide bonds. The molecule has 0 bridgehead atoms. The first-order valence-electron chi connectivity index (χ1n) is 5.60. The molecule has 1 aromatic carbocycles. The van der Waals surface area contributed by atoms with Crippen molar-refractivity contribution in [3.63, 3.8) is 0 Å². The van der Waals surface area contributed by atoms with Gasteiger partial charge in [0.25, 0.3) is 5.91 Å². The highest BCUT2D eigenvalue weighted by Crippen LogP contribution is 2.26. The first kappa shape index (κ1) is 11.7. The van der Waals surface area contributed by atoms with Gasteiger partial charge in [0.2, 0.25) is 0 Å². The van der Waals surface area contributed by atoms with Gasteiger partial charge in [0, 0.05) is 6.54 Å². The predicted molar refractivity (Wildman–Crippen MR) is 67.0 cm³/mol. The van der Waals surface area contributed by atoms with Gasteiger partial charge in [-0.25, -0.2) is 0 Å². The van der Waals surface area contributed by atoms with Gasteiger partial charge in [0.05, 0.1) is 12.7 Å². The lowest BCUT2D eigenvalue weighted by atomic mass is 9.98. The summed E-state index contributed by atoms with van der Waals surface area (Å²) in [6.07, 6.45) is 3.14. The Balaban J connectivity index is 2.37. The Morgan fingerprint density at radius 1 is 1.47 bits per heavy atom. The zero-order valence-corrected chi connectivity index (χ0v) is 9.82. The molecule has 17 heavy (non-hydrogen) atoms. The molecule has 4 nitrogen and oxygen atoms in total. The number of ether oxygens (including phenoxy) is 1. The molecule has 0 radical (unpaired) electrons. The van der Waals surface area contributed by atoms with E-state index in [0.29, 0.717) is 11.3 Å². The van der Waals surface area contributed by atoms with Gasteiger partial charge >= 0.3 is 0 Å². The summed E-state index contributed by atoms with van der Waals surface area (Å²) in [5.74, 6) is 0.0714. The molecule has 1 aliphatic heterocycles. The van der Waals surface area contributed by atoms with E-state index in [-0.39, 0.29) is 0 Å². The van der Waals surface area contributed by atoms with Crippen molar-refractivity contribution in [1.29, 1.82) is 0 Å². The average Bonchev–Trinajstić information content (AvgIpc) is 2.39. The molecule has 4 heteroatoms. The summed E-state index contributed by atoms with van der Waals surface area (Å²) >= 11 is 0. The summed E-state index contributed by atoms with van der Waals surface area (Å²) in [6.45, 7) is 1.86. The quantitative estimate of drug-likeness (QED) is 0.822. The number of methoxy groups -OCH3 is 1. The molecule has 0 saturated carbocycles. The Hall–Kier alpha value is -1.81. The normalized spacial score (nSPS) is 15.2. The molecule has 1 aliphatic rings. The third-order valence-electron chi connectivity index (χ3n) is 2.90. The molecule has 0 spiro atoms. The smallest absolute Gasteiger partial charge is 0.252 e. The minimum atomic E-state index is -0.465. The number of carbonyl (C=O) groups excluding carboxylic acids is 1. The van der Waals surface area contributed by atoms with E-state index in [0.717, 1.165) is 25.1 Å². The van der Waals surface area contributed by atoms with Crippen LogP contribution in [0.4, 0.5) is 0 Å². The molecule has 0 unspecified atom stereocenters. The largest absolute Gasteiger partial charge is 0.496 e. The monoisotopic (exact) mass is 232 g/mol. The zero-order chi connectivity index (χ0) is 12.3. The first-order chi connectivity index (χ1) is 8.22. The number of nitrogens with two attached hydrogens (primary N) is 1. The number of rotatable bonds is 3. The van der Waals surface area contributed by atoms with Gasteiger partial charge in [-0.3, -0.25) is 4.79 Å². The fourth-order valence-electron chi connectivity index (χ4n) is 1.98. The van der Waals surface area contributed by atoms with Crippen LogP contribution in [-0.2, 0) is 0 Å². The van der Waals surface area contributed by atoms with E-state index >= 15 is 0 Å². The van der Waals surface area contributed by atoms with Crippen LogP contribution >= 0.6 is 0 Å². The van der Waals surface area contributed by atoms with Crippen LogP contribution in [0.1, 0.15) is 22.3 Å². The Morgan fingerprint density at radius 3 is 2.88 bits per heavy atom. The number of hydrogen-bond acceptors (Lipinski definition) is 3. The first-order valence-corrected chi connectivity index (χ1v) is 5.60. The summed E-state index contributed by atoms with van der Waals surface area (Å²) in [5.41, 5.74) is 8.06. The van der Waals surface area contributed by atoms with Crippen LogP contribution in [0.15, 0.2) is 24.3 Å². The van der Waals surface area contributed by atoms with E-state index in [4.69, 9.17) is 10.5 Å². The van der Waals surface area contributed by atoms with Crippen LogP contribution < -0.4 is 15.8 Å². The fraction of sp³-hybridized carbons (Fsp3) is 0.308. The minimum absolute atomic E-state index is 0.422. The summed E-state index contributed by atoms with van der Waals surface area (Å²) < 4.78 is 5.19. The molecule has 0 aliphatic carbocycles. The number of hydrogen-bond donors (Lipinski definition) is 2. The topological polar surface area (TPSA) is 64.3 Å². The Bertz CT molecular complexity index is 466. The highest BCUT2D eigenvalue weighted by molar-refractivity contribution is 5.96. The lowest BCUT2D eigenvalue weighted by Gasteiger charge is -2.15. The van der Waals surface area contributed by atoms with Crippen molar-refractivity contribution < 1.29 is 9.53 Å². The van der Waals surface area contributed by atoms with Crippen LogP contribution in [0.2, 0.25) is 0 Å². The van der Waals surface area contributed by atoms with Crippen LogP contribution in [0.25, 0.3) is 5.57 Å². The van der Waals surface area contributed by atoms with Gasteiger partial charge in [-0.05, 0) is 36.2 Å². The van der Waals surface area contributed by atoms with Gasteiger partial charge in [0.15, 0.2) is 0 Å². The van der Waals surface area contributed by atoms with Gasteiger partial charge in [-0.2, -0.15) is 0 Å². The number of primary amides is 1. The summed E-state index contributed by atoms with van der Waals surface area (Å²) in [7, 11) is 1.54. The molecule has 0 fully saturated rings. The minimum Gasteiger partial charge on any atom is -0.496 e. The van der Waals surface area contributed by atoms with Crippen molar-refractivity contribution >= 4 is 11.5 Å².